The van der Waals surface area contributed by atoms with Crippen LogP contribution in [0.25, 0.3) is 5.65 Å². The van der Waals surface area contributed by atoms with Gasteiger partial charge < -0.3 is 4.74 Å². The van der Waals surface area contributed by atoms with Gasteiger partial charge in [-0.1, -0.05) is 6.07 Å². The lowest BCUT2D eigenvalue weighted by Gasteiger charge is -2.01. The SMILES string of the molecule is CCOc1ccc(N=Nc2c(C)nc3c(C)cccn23)cc1. The van der Waals surface area contributed by atoms with Gasteiger partial charge in [-0.25, -0.2) is 4.98 Å². The lowest BCUT2D eigenvalue weighted by molar-refractivity contribution is 0.340. The molecule has 0 amide bonds. The molecular weight excluding hydrogens is 276 g/mol. The van der Waals surface area contributed by atoms with Gasteiger partial charge in [0.2, 0.25) is 0 Å². The molecule has 0 unspecified atom stereocenters. The highest BCUT2D eigenvalue weighted by Crippen LogP contribution is 2.25. The minimum atomic E-state index is 0.654. The van der Waals surface area contributed by atoms with Gasteiger partial charge in [0.05, 0.1) is 18.0 Å². The van der Waals surface area contributed by atoms with E-state index in [2.05, 4.69) is 15.2 Å². The number of rotatable bonds is 4. The third-order valence-electron chi connectivity index (χ3n) is 3.40. The maximum atomic E-state index is 5.41. The highest BCUT2D eigenvalue weighted by molar-refractivity contribution is 5.56. The highest BCUT2D eigenvalue weighted by atomic mass is 16.5. The smallest absolute Gasteiger partial charge is 0.182 e. The fourth-order valence-electron chi connectivity index (χ4n) is 2.31. The van der Waals surface area contributed by atoms with Crippen LogP contribution in [0.1, 0.15) is 18.2 Å². The molecule has 1 aromatic carbocycles. The van der Waals surface area contributed by atoms with Crippen molar-refractivity contribution in [1.29, 1.82) is 0 Å². The first-order valence-corrected chi connectivity index (χ1v) is 7.28. The summed E-state index contributed by atoms with van der Waals surface area (Å²) in [5.41, 5.74) is 3.68. The summed E-state index contributed by atoms with van der Waals surface area (Å²) in [7, 11) is 0. The summed E-state index contributed by atoms with van der Waals surface area (Å²) in [5, 5.41) is 8.66. The van der Waals surface area contributed by atoms with Gasteiger partial charge in [0.25, 0.3) is 0 Å². The number of ether oxygens (including phenoxy) is 1. The first kappa shape index (κ1) is 14.3. The number of aromatic nitrogens is 2. The molecule has 0 aliphatic heterocycles. The van der Waals surface area contributed by atoms with Gasteiger partial charge in [0.15, 0.2) is 5.82 Å². The molecule has 5 nitrogen and oxygen atoms in total. The van der Waals surface area contributed by atoms with Gasteiger partial charge in [-0.3, -0.25) is 4.40 Å². The Hall–Kier alpha value is -2.69. The average molecular weight is 294 g/mol. The quantitative estimate of drug-likeness (QED) is 0.651. The molecule has 0 aliphatic rings. The van der Waals surface area contributed by atoms with Crippen LogP contribution in [-0.4, -0.2) is 16.0 Å². The molecule has 0 saturated heterocycles. The van der Waals surface area contributed by atoms with Crippen molar-refractivity contribution in [2.45, 2.75) is 20.8 Å². The Morgan fingerprint density at radius 3 is 2.59 bits per heavy atom. The van der Waals surface area contributed by atoms with Gasteiger partial charge in [-0.05, 0) is 56.7 Å². The second-order valence-corrected chi connectivity index (χ2v) is 5.03. The molecule has 0 N–H and O–H groups in total. The molecule has 112 valence electrons. The number of benzene rings is 1. The molecule has 2 aromatic heterocycles. The van der Waals surface area contributed by atoms with E-state index in [4.69, 9.17) is 4.74 Å². The number of hydrogen-bond donors (Lipinski definition) is 0. The second kappa shape index (κ2) is 5.97. The summed E-state index contributed by atoms with van der Waals surface area (Å²) >= 11 is 0. The van der Waals surface area contributed by atoms with Crippen molar-refractivity contribution in [3.05, 3.63) is 53.9 Å². The summed E-state index contributed by atoms with van der Waals surface area (Å²) in [5.74, 6) is 1.59. The first-order chi connectivity index (χ1) is 10.7. The standard InChI is InChI=1S/C17H18N4O/c1-4-22-15-9-7-14(8-10-15)19-20-17-13(3)18-16-12(2)6-5-11-21(16)17/h5-11H,4H2,1-3H3. The van der Waals surface area contributed by atoms with Crippen molar-refractivity contribution in [1.82, 2.24) is 9.38 Å². The van der Waals surface area contributed by atoms with Crippen LogP contribution in [0.2, 0.25) is 0 Å². The van der Waals surface area contributed by atoms with Crippen molar-refractivity contribution in [3.8, 4) is 5.75 Å². The average Bonchev–Trinajstić information content (AvgIpc) is 2.84. The van der Waals surface area contributed by atoms with E-state index in [0.717, 1.165) is 34.2 Å². The van der Waals surface area contributed by atoms with Crippen LogP contribution >= 0.6 is 0 Å². The maximum Gasteiger partial charge on any atom is 0.182 e. The molecule has 5 heteroatoms. The third kappa shape index (κ3) is 2.70. The van der Waals surface area contributed by atoms with Crippen molar-refractivity contribution >= 4 is 17.2 Å². The minimum Gasteiger partial charge on any atom is -0.494 e. The molecule has 0 saturated carbocycles. The molecule has 0 fully saturated rings. The first-order valence-electron chi connectivity index (χ1n) is 7.28. The van der Waals surface area contributed by atoms with E-state index in [-0.39, 0.29) is 0 Å². The number of aryl methyl sites for hydroxylation is 2. The van der Waals surface area contributed by atoms with E-state index < -0.39 is 0 Å². The Bertz CT molecular complexity index is 819. The number of azo groups is 1. The monoisotopic (exact) mass is 294 g/mol. The van der Waals surface area contributed by atoms with Crippen LogP contribution in [-0.2, 0) is 0 Å². The normalized spacial score (nSPS) is 11.4. The molecule has 22 heavy (non-hydrogen) atoms. The van der Waals surface area contributed by atoms with Crippen LogP contribution < -0.4 is 4.74 Å². The van der Waals surface area contributed by atoms with E-state index in [1.54, 1.807) is 0 Å². The number of pyridine rings is 1. The third-order valence-corrected chi connectivity index (χ3v) is 3.40. The summed E-state index contributed by atoms with van der Waals surface area (Å²) in [4.78, 5) is 4.55. The molecule has 3 aromatic rings. The number of hydrogen-bond acceptors (Lipinski definition) is 4. The van der Waals surface area contributed by atoms with Crippen molar-refractivity contribution in [3.63, 3.8) is 0 Å². The zero-order valence-electron chi connectivity index (χ0n) is 12.9. The van der Waals surface area contributed by atoms with E-state index in [0.29, 0.717) is 6.61 Å². The van der Waals surface area contributed by atoms with Gasteiger partial charge in [0.1, 0.15) is 11.4 Å². The maximum absolute atomic E-state index is 5.41. The van der Waals surface area contributed by atoms with Crippen molar-refractivity contribution in [2.75, 3.05) is 6.61 Å². The Kier molecular flexibility index (Phi) is 3.87. The zero-order valence-corrected chi connectivity index (χ0v) is 12.9. The Labute approximate surface area is 129 Å². The van der Waals surface area contributed by atoms with Gasteiger partial charge in [-0.2, -0.15) is 0 Å². The summed E-state index contributed by atoms with van der Waals surface area (Å²) < 4.78 is 7.38. The fourth-order valence-corrected chi connectivity index (χ4v) is 2.31. The summed E-state index contributed by atoms with van der Waals surface area (Å²) in [6, 6.07) is 11.6. The Morgan fingerprint density at radius 2 is 1.86 bits per heavy atom. The Morgan fingerprint density at radius 1 is 1.09 bits per heavy atom. The molecule has 0 atom stereocenters. The number of imidazole rings is 1. The van der Waals surface area contributed by atoms with E-state index in [1.807, 2.05) is 67.8 Å². The molecular formula is C17H18N4O. The number of fused-ring (bicyclic) bond motifs is 1. The molecule has 0 bridgehead atoms. The van der Waals surface area contributed by atoms with Crippen molar-refractivity contribution in [2.24, 2.45) is 10.2 Å². The predicted molar refractivity (Wildman–Crippen MR) is 86.5 cm³/mol. The molecule has 0 spiro atoms. The van der Waals surface area contributed by atoms with Crippen LogP contribution in [0.5, 0.6) is 5.75 Å². The second-order valence-electron chi connectivity index (χ2n) is 5.03. The largest absolute Gasteiger partial charge is 0.494 e. The Balaban J connectivity index is 1.92. The highest BCUT2D eigenvalue weighted by Gasteiger charge is 2.09. The van der Waals surface area contributed by atoms with Gasteiger partial charge >= 0.3 is 0 Å². The summed E-state index contributed by atoms with van der Waals surface area (Å²) in [6.07, 6.45) is 1.95. The van der Waals surface area contributed by atoms with E-state index >= 15 is 0 Å². The lowest BCUT2D eigenvalue weighted by atomic mass is 10.3. The topological polar surface area (TPSA) is 51.2 Å². The fraction of sp³-hybridized carbons (Fsp3) is 0.235. The van der Waals surface area contributed by atoms with Crippen molar-refractivity contribution < 1.29 is 4.74 Å². The van der Waals surface area contributed by atoms with Crippen LogP contribution in [0.4, 0.5) is 11.5 Å². The molecule has 3 rings (SSSR count). The van der Waals surface area contributed by atoms with Gasteiger partial charge in [-0.15, -0.1) is 10.2 Å². The minimum absolute atomic E-state index is 0.654. The molecule has 2 heterocycles. The van der Waals surface area contributed by atoms with Crippen LogP contribution in [0.3, 0.4) is 0 Å². The van der Waals surface area contributed by atoms with Crippen LogP contribution in [0, 0.1) is 13.8 Å². The van der Waals surface area contributed by atoms with E-state index in [1.165, 1.54) is 0 Å². The predicted octanol–water partition coefficient (Wildman–Crippen LogP) is 4.77. The van der Waals surface area contributed by atoms with Crippen LogP contribution in [0.15, 0.2) is 52.8 Å². The van der Waals surface area contributed by atoms with E-state index in [9.17, 15) is 0 Å². The molecule has 0 radical (unpaired) electrons. The number of nitrogens with zero attached hydrogens (tertiary/aromatic N) is 4. The zero-order chi connectivity index (χ0) is 15.5. The van der Waals surface area contributed by atoms with Gasteiger partial charge in [0, 0.05) is 6.20 Å². The molecule has 0 aliphatic carbocycles. The lowest BCUT2D eigenvalue weighted by Crippen LogP contribution is -1.89. The summed E-state index contributed by atoms with van der Waals surface area (Å²) in [6.45, 7) is 6.60.